The van der Waals surface area contributed by atoms with Crippen LogP contribution in [0.4, 0.5) is 17.3 Å². The third-order valence-electron chi connectivity index (χ3n) is 4.87. The summed E-state index contributed by atoms with van der Waals surface area (Å²) >= 11 is 0. The van der Waals surface area contributed by atoms with Crippen LogP contribution in [0, 0.1) is 5.49 Å². The summed E-state index contributed by atoms with van der Waals surface area (Å²) in [6.45, 7) is 9.48. The normalized spacial score (nSPS) is 13.1. The van der Waals surface area contributed by atoms with E-state index in [4.69, 9.17) is 0 Å². The molecule has 3 aromatic carbocycles. The van der Waals surface area contributed by atoms with E-state index in [9.17, 15) is 17.3 Å². The van der Waals surface area contributed by atoms with Gasteiger partial charge in [0.2, 0.25) is 0 Å². The second-order valence-electron chi connectivity index (χ2n) is 8.16. The van der Waals surface area contributed by atoms with Gasteiger partial charge in [-0.25, -0.2) is 0 Å². The summed E-state index contributed by atoms with van der Waals surface area (Å²) in [5.41, 5.74) is 2.74. The highest BCUT2D eigenvalue weighted by atomic mass is 32.2. The van der Waals surface area contributed by atoms with Crippen LogP contribution in [0.5, 0.6) is 0 Å². The average Bonchev–Trinajstić information content (AvgIpc) is 2.75. The van der Waals surface area contributed by atoms with Crippen molar-refractivity contribution in [2.24, 2.45) is 0 Å². The van der Waals surface area contributed by atoms with Crippen LogP contribution in [0.1, 0.15) is 27.7 Å². The SMILES string of the molecule is CC[S+]([CH-][P+](c1ccccc1)(c1ccccc1)c1ccccc1)C(C)(C)C.F[B-](F)(F)F. The first kappa shape index (κ1) is 26.5. The first-order chi connectivity index (χ1) is 15.0. The van der Waals surface area contributed by atoms with Crippen LogP contribution in [0.15, 0.2) is 91.0 Å². The molecule has 0 aliphatic carbocycles. The van der Waals surface area contributed by atoms with Crippen LogP contribution in [0.2, 0.25) is 0 Å². The van der Waals surface area contributed by atoms with E-state index in [1.165, 1.54) is 21.7 Å². The van der Waals surface area contributed by atoms with E-state index in [0.717, 1.165) is 0 Å². The molecule has 3 rings (SSSR count). The van der Waals surface area contributed by atoms with Crippen molar-refractivity contribution in [1.29, 1.82) is 0 Å². The first-order valence-corrected chi connectivity index (χ1v) is 13.8. The molecule has 3 aromatic rings. The maximum absolute atomic E-state index is 9.75. The molecule has 0 heterocycles. The summed E-state index contributed by atoms with van der Waals surface area (Å²) in [4.78, 5) is 0. The Morgan fingerprint density at radius 1 is 0.688 bits per heavy atom. The van der Waals surface area contributed by atoms with E-state index in [1.54, 1.807) is 0 Å². The maximum Gasteiger partial charge on any atom is 0.673 e. The maximum atomic E-state index is 9.75. The molecule has 172 valence electrons. The number of halogens is 4. The Morgan fingerprint density at radius 3 is 1.19 bits per heavy atom. The number of benzene rings is 3. The summed E-state index contributed by atoms with van der Waals surface area (Å²) in [7, 11) is -7.63. The number of hydrogen-bond donors (Lipinski definition) is 0. The molecule has 0 aliphatic heterocycles. The Morgan fingerprint density at radius 2 is 0.969 bits per heavy atom. The largest absolute Gasteiger partial charge is 0.673 e. The molecule has 0 radical (unpaired) electrons. The lowest BCUT2D eigenvalue weighted by Crippen LogP contribution is -2.38. The summed E-state index contributed by atoms with van der Waals surface area (Å²) in [6, 6.07) is 33.4. The zero-order chi connectivity index (χ0) is 23.8. The Kier molecular flexibility index (Phi) is 9.42. The van der Waals surface area contributed by atoms with Gasteiger partial charge in [-0.1, -0.05) is 54.6 Å². The second kappa shape index (κ2) is 11.4. The standard InChI is InChI=1S/C25H30PS.BF4/c1-5-27(25(2,3)4)21-26(22-15-9-6-10-16-22,23-17-11-7-12-18-23)24-19-13-8-14-20-24;2-1(3,4)5/h6-21H,5H2,1-4H3;/q+1;-1. The number of hydrogen-bond acceptors (Lipinski definition) is 0. The lowest BCUT2D eigenvalue weighted by molar-refractivity contribution is 0.368. The molecule has 0 N–H and O–H groups in total. The van der Waals surface area contributed by atoms with Gasteiger partial charge in [-0.2, -0.15) is 0 Å². The van der Waals surface area contributed by atoms with Crippen molar-refractivity contribution >= 4 is 41.3 Å². The Bertz CT molecular complexity index is 826. The fourth-order valence-electron chi connectivity index (χ4n) is 3.48. The molecule has 0 amide bonds. The van der Waals surface area contributed by atoms with Crippen molar-refractivity contribution in [1.82, 2.24) is 0 Å². The third-order valence-corrected chi connectivity index (χ3v) is 12.7. The molecule has 7 heteroatoms. The minimum absolute atomic E-state index is 0.205. The summed E-state index contributed by atoms with van der Waals surface area (Å²) in [6.07, 6.45) is 0. The van der Waals surface area contributed by atoms with Gasteiger partial charge in [0.05, 0.1) is 31.9 Å². The first-order valence-electron chi connectivity index (χ1n) is 10.5. The molecule has 0 saturated carbocycles. The molecule has 1 atom stereocenters. The third kappa shape index (κ3) is 7.38. The average molecular weight is 480 g/mol. The predicted octanol–water partition coefficient (Wildman–Crippen LogP) is 6.84. The fourth-order valence-corrected chi connectivity index (χ4v) is 12.0. The lowest BCUT2D eigenvalue weighted by Gasteiger charge is -2.38. The van der Waals surface area contributed by atoms with Crippen molar-refractivity contribution in [3.63, 3.8) is 0 Å². The highest BCUT2D eigenvalue weighted by Gasteiger charge is 2.45. The molecule has 0 saturated heterocycles. The van der Waals surface area contributed by atoms with Crippen LogP contribution in [-0.2, 0) is 10.9 Å². The van der Waals surface area contributed by atoms with Gasteiger partial charge in [0.25, 0.3) is 0 Å². The molecule has 0 spiro atoms. The second-order valence-corrected chi connectivity index (χ2v) is 14.7. The highest BCUT2D eigenvalue weighted by molar-refractivity contribution is 8.15. The molecular weight excluding hydrogens is 450 g/mol. The molecule has 0 fully saturated rings. The fraction of sp³-hybridized carbons (Fsp3) is 0.240. The van der Waals surface area contributed by atoms with E-state index in [1.807, 2.05) is 0 Å². The summed E-state index contributed by atoms with van der Waals surface area (Å²) in [5.74, 6) is 1.18. The van der Waals surface area contributed by atoms with Crippen LogP contribution >= 0.6 is 7.26 Å². The molecule has 0 aliphatic rings. The molecule has 0 nitrogen and oxygen atoms in total. The van der Waals surface area contributed by atoms with E-state index < -0.39 is 14.5 Å². The van der Waals surface area contributed by atoms with Crippen LogP contribution in [0.3, 0.4) is 0 Å². The zero-order valence-corrected chi connectivity index (χ0v) is 20.6. The van der Waals surface area contributed by atoms with E-state index in [-0.39, 0.29) is 15.6 Å². The monoisotopic (exact) mass is 480 g/mol. The van der Waals surface area contributed by atoms with Gasteiger partial charge < -0.3 is 17.3 Å². The van der Waals surface area contributed by atoms with Gasteiger partial charge in [0.15, 0.2) is 0 Å². The number of rotatable bonds is 6. The van der Waals surface area contributed by atoms with Crippen molar-refractivity contribution in [2.75, 3.05) is 5.75 Å². The van der Waals surface area contributed by atoms with E-state index in [2.05, 4.69) is 124 Å². The van der Waals surface area contributed by atoms with Crippen LogP contribution in [-0.4, -0.2) is 17.8 Å². The van der Waals surface area contributed by atoms with Crippen molar-refractivity contribution in [3.05, 3.63) is 96.5 Å². The van der Waals surface area contributed by atoms with Crippen molar-refractivity contribution in [2.45, 2.75) is 32.4 Å². The van der Waals surface area contributed by atoms with Gasteiger partial charge in [0, 0.05) is 7.26 Å². The van der Waals surface area contributed by atoms with E-state index in [0.29, 0.717) is 0 Å². The van der Waals surface area contributed by atoms with E-state index >= 15 is 0 Å². The molecule has 1 unspecified atom stereocenters. The lowest BCUT2D eigenvalue weighted by atomic mass is 10.3. The Balaban J connectivity index is 0.000000654. The summed E-state index contributed by atoms with van der Waals surface area (Å²) < 4.78 is 39.3. The Labute approximate surface area is 193 Å². The predicted molar refractivity (Wildman–Crippen MR) is 137 cm³/mol. The smallest absolute Gasteiger partial charge is 0.418 e. The van der Waals surface area contributed by atoms with Gasteiger partial charge in [-0.3, -0.25) is 0 Å². The molecule has 32 heavy (non-hydrogen) atoms. The van der Waals surface area contributed by atoms with Gasteiger partial charge >= 0.3 is 7.25 Å². The molecule has 0 aromatic heterocycles. The summed E-state index contributed by atoms with van der Waals surface area (Å²) in [5, 5.41) is 4.33. The van der Waals surface area contributed by atoms with Crippen molar-refractivity contribution in [3.8, 4) is 0 Å². The van der Waals surface area contributed by atoms with Gasteiger partial charge in [0.1, 0.15) is 0 Å². The quantitative estimate of drug-likeness (QED) is 0.119. The zero-order valence-electron chi connectivity index (χ0n) is 18.9. The Hall–Kier alpha value is -1.78. The highest BCUT2D eigenvalue weighted by Crippen LogP contribution is 2.61. The van der Waals surface area contributed by atoms with Crippen molar-refractivity contribution < 1.29 is 17.3 Å². The minimum atomic E-state index is -6.00. The van der Waals surface area contributed by atoms with Crippen LogP contribution < -0.4 is 15.9 Å². The van der Waals surface area contributed by atoms with Gasteiger partial charge in [-0.05, 0) is 64.1 Å². The minimum Gasteiger partial charge on any atom is -0.418 e. The van der Waals surface area contributed by atoms with Gasteiger partial charge in [-0.15, -0.1) is 10.9 Å². The van der Waals surface area contributed by atoms with Crippen LogP contribution in [0.25, 0.3) is 0 Å². The molecule has 0 bridgehead atoms. The molecular formula is C25H30BF4PS. The topological polar surface area (TPSA) is 0 Å².